The molecule has 0 saturated carbocycles. The molecule has 0 spiro atoms. The first-order valence-corrected chi connectivity index (χ1v) is 18.3. The van der Waals surface area contributed by atoms with Gasteiger partial charge in [0.25, 0.3) is 30.4 Å². The van der Waals surface area contributed by atoms with E-state index in [9.17, 15) is 47.3 Å². The van der Waals surface area contributed by atoms with E-state index in [1.54, 1.807) is 6.92 Å². The van der Waals surface area contributed by atoms with Crippen LogP contribution in [0.3, 0.4) is 0 Å². The van der Waals surface area contributed by atoms with Crippen molar-refractivity contribution in [1.82, 2.24) is 10.0 Å². The summed E-state index contributed by atoms with van der Waals surface area (Å²) in [6.45, 7) is 4.99. The topological polar surface area (TPSA) is 334 Å². The van der Waals surface area contributed by atoms with Gasteiger partial charge >= 0.3 is 0 Å². The maximum Gasteiger partial charge on any atom is 0.295 e. The molecule has 0 unspecified atom stereocenters. The van der Waals surface area contributed by atoms with Gasteiger partial charge in [0.1, 0.15) is 15.6 Å². The van der Waals surface area contributed by atoms with Crippen LogP contribution in [0.1, 0.15) is 11.1 Å². The van der Waals surface area contributed by atoms with E-state index < -0.39 is 77.8 Å². The Hall–Kier alpha value is -4.67. The fourth-order valence-electron chi connectivity index (χ4n) is 3.88. The first-order chi connectivity index (χ1) is 21.5. The molecule has 0 aliphatic carbocycles. The molecular weight excluding hydrogens is 705 g/mol. The Labute approximate surface area is 269 Å². The second-order valence-corrected chi connectivity index (χ2v) is 15.3. The Morgan fingerprint density at radius 3 is 1.98 bits per heavy atom. The summed E-state index contributed by atoms with van der Waals surface area (Å²) >= 11 is 0. The van der Waals surface area contributed by atoms with Gasteiger partial charge in [-0.15, -0.1) is 0 Å². The van der Waals surface area contributed by atoms with Crippen molar-refractivity contribution in [3.05, 3.63) is 66.0 Å². The number of anilines is 1. The minimum absolute atomic E-state index is 0.0929. The average molecular weight is 731 g/mol. The third kappa shape index (κ3) is 9.43. The number of nitriles is 1. The number of aliphatic imine (C=N–C) groups is 2. The highest BCUT2D eigenvalue weighted by atomic mass is 32.2. The molecule has 0 aliphatic heterocycles. The Bertz CT molecular complexity index is 2330. The first kappa shape index (κ1) is 36.8. The summed E-state index contributed by atoms with van der Waals surface area (Å²) < 4.78 is 129. The number of fused-ring (bicyclic) bond motifs is 1. The summed E-state index contributed by atoms with van der Waals surface area (Å²) in [5.74, 6) is -1.26. The van der Waals surface area contributed by atoms with Crippen LogP contribution in [0.2, 0.25) is 0 Å². The van der Waals surface area contributed by atoms with Crippen LogP contribution in [0, 0.1) is 18.3 Å². The Kier molecular flexibility index (Phi) is 10.6. The zero-order valence-corrected chi connectivity index (χ0v) is 27.2. The van der Waals surface area contributed by atoms with E-state index in [1.807, 2.05) is 6.07 Å². The molecular formula is C24H26N8O11S4. The van der Waals surface area contributed by atoms with Gasteiger partial charge in [-0.25, -0.2) is 13.1 Å². The Morgan fingerprint density at radius 2 is 1.43 bits per heavy atom. The largest absolute Gasteiger partial charge is 0.370 e. The van der Waals surface area contributed by atoms with Crippen LogP contribution in [0.4, 0.5) is 5.69 Å². The maximum atomic E-state index is 12.6. The van der Waals surface area contributed by atoms with Crippen LogP contribution >= 0.6 is 0 Å². The fourth-order valence-corrected chi connectivity index (χ4v) is 6.99. The summed E-state index contributed by atoms with van der Waals surface area (Å²) in [5.41, 5.74) is 11.3. The van der Waals surface area contributed by atoms with Crippen LogP contribution in [-0.4, -0.2) is 72.3 Å². The molecule has 0 fully saturated rings. The lowest BCUT2D eigenvalue weighted by Gasteiger charge is -2.14. The highest BCUT2D eigenvalue weighted by Gasteiger charge is 2.26. The molecule has 3 rings (SSSR count). The summed E-state index contributed by atoms with van der Waals surface area (Å²) in [5, 5.41) is 12.9. The smallest absolute Gasteiger partial charge is 0.295 e. The van der Waals surface area contributed by atoms with Crippen molar-refractivity contribution in [2.24, 2.45) is 21.5 Å². The summed E-state index contributed by atoms with van der Waals surface area (Å²) in [6.07, 6.45) is 0. The van der Waals surface area contributed by atoms with Gasteiger partial charge in [0, 0.05) is 29.5 Å². The number of aryl methyl sites for hydroxylation is 1. The molecule has 0 radical (unpaired) electrons. The molecule has 47 heavy (non-hydrogen) atoms. The van der Waals surface area contributed by atoms with Gasteiger partial charge in [0.15, 0.2) is 5.96 Å². The maximum absolute atomic E-state index is 12.6. The minimum Gasteiger partial charge on any atom is -0.370 e. The average Bonchev–Trinajstić information content (AvgIpc) is 2.92. The van der Waals surface area contributed by atoms with Crippen molar-refractivity contribution in [2.75, 3.05) is 18.4 Å². The summed E-state index contributed by atoms with van der Waals surface area (Å²) in [4.78, 5) is 4.23. The standard InChI is InChI=1S/C24H26N8O11S4/c1-13-3-4-17(7-15(13)12-25)44(33,34)29-6-5-28-14(2)30-24(32-23(26)27)31-16-8-19-20(21(9-16)46(38,39)40)10-18(45(35,36)37)11-22(19)47(41,42)43/h3-4,7-11,28-29H,2,5-6H2,1H3,(H,35,36,37)(H,38,39,40)(H,41,42,43)(H5,26,27,30,31,32). The van der Waals surface area contributed by atoms with Crippen molar-refractivity contribution >= 4 is 68.8 Å². The van der Waals surface area contributed by atoms with E-state index >= 15 is 0 Å². The van der Waals surface area contributed by atoms with Gasteiger partial charge in [-0.05, 0) is 48.9 Å². The SMILES string of the molecule is C=C(N=C(N=C(N)N)Nc1cc(S(=O)(=O)O)c2cc(S(=O)(=O)O)cc(S(=O)(=O)O)c2c1)NCCNS(=O)(=O)c1ccc(C)c(C#N)c1. The summed E-state index contributed by atoms with van der Waals surface area (Å²) in [7, 11) is -19.6. The highest BCUT2D eigenvalue weighted by molar-refractivity contribution is 7.89. The molecule has 0 aromatic heterocycles. The predicted octanol–water partition coefficient (Wildman–Crippen LogP) is -0.159. The lowest BCUT2D eigenvalue weighted by atomic mass is 10.1. The van der Waals surface area contributed by atoms with E-state index in [0.717, 1.165) is 6.07 Å². The monoisotopic (exact) mass is 730 g/mol. The number of nitrogens with one attached hydrogen (secondary N) is 3. The number of benzene rings is 3. The number of sulfonamides is 1. The van der Waals surface area contributed by atoms with Gasteiger partial charge in [-0.3, -0.25) is 13.7 Å². The fraction of sp³-hybridized carbons (Fsp3) is 0.125. The highest BCUT2D eigenvalue weighted by Crippen LogP contribution is 2.34. The molecule has 19 nitrogen and oxygen atoms in total. The van der Waals surface area contributed by atoms with Gasteiger partial charge in [0.05, 0.1) is 21.4 Å². The molecule has 23 heteroatoms. The predicted molar refractivity (Wildman–Crippen MR) is 168 cm³/mol. The van der Waals surface area contributed by atoms with E-state index in [0.29, 0.717) is 23.8 Å². The van der Waals surface area contributed by atoms with Crippen LogP contribution in [0.5, 0.6) is 0 Å². The molecule has 252 valence electrons. The van der Waals surface area contributed by atoms with E-state index in [-0.39, 0.29) is 35.1 Å². The number of rotatable bonds is 11. The van der Waals surface area contributed by atoms with E-state index in [4.69, 9.17) is 16.7 Å². The molecule has 0 amide bonds. The summed E-state index contributed by atoms with van der Waals surface area (Å²) in [6, 6.07) is 8.46. The van der Waals surface area contributed by atoms with Crippen LogP contribution < -0.4 is 26.8 Å². The number of hydrogen-bond donors (Lipinski definition) is 8. The number of hydrogen-bond acceptors (Lipinski definition) is 11. The van der Waals surface area contributed by atoms with Crippen LogP contribution in [0.15, 0.2) is 84.4 Å². The first-order valence-electron chi connectivity index (χ1n) is 12.5. The van der Waals surface area contributed by atoms with Gasteiger partial charge in [0.2, 0.25) is 16.0 Å². The minimum atomic E-state index is -5.27. The zero-order chi connectivity index (χ0) is 35.5. The lowest BCUT2D eigenvalue weighted by Crippen LogP contribution is -2.32. The number of nitrogens with zero attached hydrogens (tertiary/aromatic N) is 3. The second-order valence-electron chi connectivity index (χ2n) is 9.37. The number of nitrogens with two attached hydrogens (primary N) is 2. The second kappa shape index (κ2) is 13.6. The molecule has 0 saturated heterocycles. The quantitative estimate of drug-likeness (QED) is 0.0550. The molecule has 0 bridgehead atoms. The van der Waals surface area contributed by atoms with Crippen molar-refractivity contribution in [3.63, 3.8) is 0 Å². The van der Waals surface area contributed by atoms with Crippen LogP contribution in [-0.2, 0) is 40.4 Å². The normalized spacial score (nSPS) is 12.7. The third-order valence-electron chi connectivity index (χ3n) is 5.94. The third-order valence-corrected chi connectivity index (χ3v) is 10.0. The molecule has 0 heterocycles. The molecule has 0 atom stereocenters. The van der Waals surface area contributed by atoms with Gasteiger partial charge in [-0.1, -0.05) is 12.6 Å². The van der Waals surface area contributed by atoms with E-state index in [2.05, 4.69) is 31.9 Å². The lowest BCUT2D eigenvalue weighted by molar-refractivity contribution is 0.478. The van der Waals surface area contributed by atoms with E-state index in [1.165, 1.54) is 18.2 Å². The Morgan fingerprint density at radius 1 is 0.830 bits per heavy atom. The van der Waals surface area contributed by atoms with Crippen molar-refractivity contribution in [1.29, 1.82) is 5.26 Å². The van der Waals surface area contributed by atoms with Crippen molar-refractivity contribution < 1.29 is 47.3 Å². The van der Waals surface area contributed by atoms with Crippen LogP contribution in [0.25, 0.3) is 10.8 Å². The molecule has 10 N–H and O–H groups in total. The molecule has 0 aliphatic rings. The molecule has 3 aromatic rings. The molecule has 3 aromatic carbocycles. The zero-order valence-electron chi connectivity index (χ0n) is 23.9. The number of guanidine groups is 2. The van der Waals surface area contributed by atoms with Crippen molar-refractivity contribution in [2.45, 2.75) is 26.5 Å². The van der Waals surface area contributed by atoms with Gasteiger partial charge < -0.3 is 22.1 Å². The Balaban J connectivity index is 1.95. The van der Waals surface area contributed by atoms with Crippen molar-refractivity contribution in [3.8, 4) is 6.07 Å². The van der Waals surface area contributed by atoms with Gasteiger partial charge in [-0.2, -0.15) is 40.5 Å².